The number of aromatic nitrogens is 3. The van der Waals surface area contributed by atoms with E-state index in [0.717, 1.165) is 23.1 Å². The van der Waals surface area contributed by atoms with Crippen molar-refractivity contribution >= 4 is 17.7 Å². The predicted octanol–water partition coefficient (Wildman–Crippen LogP) is 2.19. The number of carbonyl (C=O) groups is 1. The fourth-order valence-corrected chi connectivity index (χ4v) is 2.58. The quantitative estimate of drug-likeness (QED) is 0.829. The average Bonchev–Trinajstić information content (AvgIpc) is 2.84. The number of hydrogen-bond donors (Lipinski definition) is 1. The Hall–Kier alpha value is -1.82. The van der Waals surface area contributed by atoms with Crippen LogP contribution in [0.4, 0.5) is 0 Å². The van der Waals surface area contributed by atoms with Crippen molar-refractivity contribution in [2.45, 2.75) is 25.4 Å². The van der Waals surface area contributed by atoms with Crippen LogP contribution < -0.4 is 5.32 Å². The van der Waals surface area contributed by atoms with Crippen LogP contribution in [0.2, 0.25) is 0 Å². The van der Waals surface area contributed by atoms with Crippen LogP contribution in [0.3, 0.4) is 0 Å². The van der Waals surface area contributed by atoms with Gasteiger partial charge in [0.2, 0.25) is 5.91 Å². The van der Waals surface area contributed by atoms with Crippen molar-refractivity contribution in [2.24, 2.45) is 0 Å². The Kier molecular flexibility index (Phi) is 5.17. The first-order valence-corrected chi connectivity index (χ1v) is 7.58. The number of thioether (sulfide) groups is 1. The highest BCUT2D eigenvalue weighted by Crippen LogP contribution is 2.21. The lowest BCUT2D eigenvalue weighted by molar-refractivity contribution is -0.118. The molecule has 1 N–H and O–H groups in total. The van der Waals surface area contributed by atoms with E-state index in [-0.39, 0.29) is 5.91 Å². The van der Waals surface area contributed by atoms with Crippen LogP contribution in [-0.4, -0.2) is 33.0 Å². The summed E-state index contributed by atoms with van der Waals surface area (Å²) < 4.78 is 1.96. The third kappa shape index (κ3) is 3.60. The number of amides is 1. The van der Waals surface area contributed by atoms with Crippen LogP contribution in [0.5, 0.6) is 0 Å². The Balaban J connectivity index is 2.08. The Morgan fingerprint density at radius 3 is 2.75 bits per heavy atom. The minimum absolute atomic E-state index is 0.0251. The fraction of sp³-hybridized carbons (Fsp3) is 0.357. The van der Waals surface area contributed by atoms with Gasteiger partial charge in [-0.05, 0) is 25.5 Å². The summed E-state index contributed by atoms with van der Waals surface area (Å²) in [6, 6.07) is 9.90. The summed E-state index contributed by atoms with van der Waals surface area (Å²) in [5.41, 5.74) is 1.01. The Labute approximate surface area is 122 Å². The summed E-state index contributed by atoms with van der Waals surface area (Å²) in [7, 11) is 0. The monoisotopic (exact) mass is 290 g/mol. The third-order valence-electron chi connectivity index (χ3n) is 2.71. The van der Waals surface area contributed by atoms with E-state index in [4.69, 9.17) is 0 Å². The number of nitrogens with one attached hydrogen (secondary N) is 1. The van der Waals surface area contributed by atoms with E-state index >= 15 is 0 Å². The molecule has 0 spiro atoms. The highest BCUT2D eigenvalue weighted by atomic mass is 32.2. The van der Waals surface area contributed by atoms with Crippen molar-refractivity contribution in [3.8, 4) is 5.69 Å². The van der Waals surface area contributed by atoms with Gasteiger partial charge in [-0.1, -0.05) is 36.9 Å². The van der Waals surface area contributed by atoms with Crippen molar-refractivity contribution in [2.75, 3.05) is 12.3 Å². The number of hydrogen-bond acceptors (Lipinski definition) is 4. The molecule has 1 heterocycles. The molecule has 0 fully saturated rings. The van der Waals surface area contributed by atoms with Crippen LogP contribution in [0.25, 0.3) is 5.69 Å². The zero-order valence-corrected chi connectivity index (χ0v) is 12.5. The first kappa shape index (κ1) is 14.6. The molecule has 2 rings (SSSR count). The summed E-state index contributed by atoms with van der Waals surface area (Å²) in [5, 5.41) is 11.8. The molecule has 0 aliphatic rings. The molecular formula is C14H18N4OS. The second kappa shape index (κ2) is 7.09. The number of aryl methyl sites for hydroxylation is 1. The van der Waals surface area contributed by atoms with Gasteiger partial charge in [-0.25, -0.2) is 0 Å². The second-order valence-corrected chi connectivity index (χ2v) is 5.28. The number of para-hydroxylation sites is 1. The summed E-state index contributed by atoms with van der Waals surface area (Å²) in [5.74, 6) is 1.19. The number of carbonyl (C=O) groups excluding carboxylic acids is 1. The van der Waals surface area contributed by atoms with Gasteiger partial charge in [0.15, 0.2) is 5.16 Å². The molecule has 0 aliphatic carbocycles. The van der Waals surface area contributed by atoms with Crippen LogP contribution in [0.1, 0.15) is 19.2 Å². The van der Waals surface area contributed by atoms with Gasteiger partial charge in [-0.2, -0.15) is 0 Å². The van der Waals surface area contributed by atoms with E-state index in [1.54, 1.807) is 0 Å². The predicted molar refractivity (Wildman–Crippen MR) is 80.1 cm³/mol. The smallest absolute Gasteiger partial charge is 0.230 e. The first-order valence-electron chi connectivity index (χ1n) is 6.59. The van der Waals surface area contributed by atoms with Crippen LogP contribution in [0, 0.1) is 6.92 Å². The number of rotatable bonds is 6. The van der Waals surface area contributed by atoms with E-state index < -0.39 is 0 Å². The van der Waals surface area contributed by atoms with Crippen molar-refractivity contribution in [3.63, 3.8) is 0 Å². The van der Waals surface area contributed by atoms with E-state index in [1.165, 1.54) is 11.8 Å². The van der Waals surface area contributed by atoms with Crippen molar-refractivity contribution in [1.29, 1.82) is 0 Å². The second-order valence-electron chi connectivity index (χ2n) is 4.34. The minimum atomic E-state index is 0.0251. The van der Waals surface area contributed by atoms with Crippen molar-refractivity contribution < 1.29 is 4.79 Å². The van der Waals surface area contributed by atoms with Gasteiger partial charge in [0, 0.05) is 12.2 Å². The molecule has 0 bridgehead atoms. The molecule has 5 nitrogen and oxygen atoms in total. The van der Waals surface area contributed by atoms with Gasteiger partial charge < -0.3 is 5.32 Å². The van der Waals surface area contributed by atoms with Gasteiger partial charge in [0.25, 0.3) is 0 Å². The first-order chi connectivity index (χ1) is 9.72. The summed E-state index contributed by atoms with van der Waals surface area (Å²) in [6.07, 6.45) is 0.940. The summed E-state index contributed by atoms with van der Waals surface area (Å²) in [6.45, 7) is 4.65. The molecule has 106 valence electrons. The van der Waals surface area contributed by atoms with Gasteiger partial charge >= 0.3 is 0 Å². The molecule has 2 aromatic rings. The third-order valence-corrected chi connectivity index (χ3v) is 3.64. The normalized spacial score (nSPS) is 10.5. The van der Waals surface area contributed by atoms with Crippen molar-refractivity contribution in [1.82, 2.24) is 20.1 Å². The maximum atomic E-state index is 11.6. The molecule has 1 amide bonds. The van der Waals surface area contributed by atoms with Gasteiger partial charge in [0.1, 0.15) is 5.82 Å². The Morgan fingerprint density at radius 1 is 1.30 bits per heavy atom. The molecule has 0 saturated carbocycles. The van der Waals surface area contributed by atoms with Crippen LogP contribution in [0.15, 0.2) is 35.5 Å². The zero-order chi connectivity index (χ0) is 14.4. The Bertz CT molecular complexity index is 568. The van der Waals surface area contributed by atoms with E-state index in [9.17, 15) is 4.79 Å². The van der Waals surface area contributed by atoms with Crippen molar-refractivity contribution in [3.05, 3.63) is 36.2 Å². The highest BCUT2D eigenvalue weighted by molar-refractivity contribution is 7.99. The topological polar surface area (TPSA) is 59.8 Å². The Morgan fingerprint density at radius 2 is 2.05 bits per heavy atom. The SMILES string of the molecule is CCCNC(=O)CSc1nnc(C)n1-c1ccccc1. The number of nitrogens with zero attached hydrogens (tertiary/aromatic N) is 3. The molecule has 1 aromatic heterocycles. The van der Waals surface area contributed by atoms with E-state index in [2.05, 4.69) is 15.5 Å². The molecule has 20 heavy (non-hydrogen) atoms. The van der Waals surface area contributed by atoms with Gasteiger partial charge in [-0.15, -0.1) is 10.2 Å². The molecule has 0 saturated heterocycles. The van der Waals surface area contributed by atoms with Crippen LogP contribution >= 0.6 is 11.8 Å². The van der Waals surface area contributed by atoms with E-state index in [0.29, 0.717) is 12.3 Å². The maximum absolute atomic E-state index is 11.6. The largest absolute Gasteiger partial charge is 0.355 e. The van der Waals surface area contributed by atoms with Gasteiger partial charge in [-0.3, -0.25) is 9.36 Å². The zero-order valence-electron chi connectivity index (χ0n) is 11.7. The fourth-order valence-electron chi connectivity index (χ4n) is 1.76. The molecule has 1 aromatic carbocycles. The minimum Gasteiger partial charge on any atom is -0.355 e. The lowest BCUT2D eigenvalue weighted by atomic mass is 10.3. The molecule has 0 unspecified atom stereocenters. The lowest BCUT2D eigenvalue weighted by Crippen LogP contribution is -2.25. The molecule has 6 heteroatoms. The number of benzene rings is 1. The highest BCUT2D eigenvalue weighted by Gasteiger charge is 2.12. The average molecular weight is 290 g/mol. The molecule has 0 aliphatic heterocycles. The molecule has 0 radical (unpaired) electrons. The maximum Gasteiger partial charge on any atom is 0.230 e. The summed E-state index contributed by atoms with van der Waals surface area (Å²) in [4.78, 5) is 11.6. The lowest BCUT2D eigenvalue weighted by Gasteiger charge is -2.08. The van der Waals surface area contributed by atoms with E-state index in [1.807, 2.05) is 48.7 Å². The van der Waals surface area contributed by atoms with Crippen LogP contribution in [-0.2, 0) is 4.79 Å². The molecule has 0 atom stereocenters. The van der Waals surface area contributed by atoms with Gasteiger partial charge in [0.05, 0.1) is 5.75 Å². The molecular weight excluding hydrogens is 272 g/mol. The summed E-state index contributed by atoms with van der Waals surface area (Å²) >= 11 is 1.40. The standard InChI is InChI=1S/C14H18N4OS/c1-3-9-15-13(19)10-20-14-17-16-11(2)18(14)12-7-5-4-6-8-12/h4-8H,3,9-10H2,1-2H3,(H,15,19).